The van der Waals surface area contributed by atoms with Crippen LogP contribution in [0.25, 0.3) is 0 Å². The molecule has 13 heavy (non-hydrogen) atoms. The first kappa shape index (κ1) is 12.9. The van der Waals surface area contributed by atoms with Crippen molar-refractivity contribution >= 4 is 0 Å². The van der Waals surface area contributed by atoms with Crippen molar-refractivity contribution in [1.29, 1.82) is 0 Å². The highest BCUT2D eigenvalue weighted by atomic mass is 15.2. The number of likely N-dealkylation sites (N-methyl/N-ethyl adjacent to an activating group) is 2. The highest BCUT2D eigenvalue weighted by molar-refractivity contribution is 4.93. The van der Waals surface area contributed by atoms with Crippen molar-refractivity contribution in [3.05, 3.63) is 0 Å². The van der Waals surface area contributed by atoms with Crippen molar-refractivity contribution < 1.29 is 0 Å². The van der Waals surface area contributed by atoms with Crippen molar-refractivity contribution in [3.63, 3.8) is 0 Å². The lowest BCUT2D eigenvalue weighted by Crippen LogP contribution is -2.56. The van der Waals surface area contributed by atoms with E-state index >= 15 is 0 Å². The molecule has 0 aliphatic carbocycles. The summed E-state index contributed by atoms with van der Waals surface area (Å²) < 4.78 is 0. The minimum Gasteiger partial charge on any atom is -0.312 e. The van der Waals surface area contributed by atoms with Crippen LogP contribution in [-0.4, -0.2) is 37.1 Å². The summed E-state index contributed by atoms with van der Waals surface area (Å²) in [5.41, 5.74) is 0.282. The van der Waals surface area contributed by atoms with E-state index in [0.29, 0.717) is 6.04 Å². The van der Waals surface area contributed by atoms with Gasteiger partial charge in [-0.05, 0) is 40.4 Å². The van der Waals surface area contributed by atoms with E-state index in [2.05, 4.69) is 52.0 Å². The summed E-state index contributed by atoms with van der Waals surface area (Å²) in [5.74, 6) is 0. The second kappa shape index (κ2) is 5.61. The third kappa shape index (κ3) is 2.96. The molecule has 2 heteroatoms. The largest absolute Gasteiger partial charge is 0.312 e. The zero-order valence-corrected chi connectivity index (χ0v) is 10.1. The maximum atomic E-state index is 3.56. The minimum absolute atomic E-state index is 0.282. The van der Waals surface area contributed by atoms with Gasteiger partial charge in [-0.3, -0.25) is 0 Å². The highest BCUT2D eigenvalue weighted by Crippen LogP contribution is 2.22. The van der Waals surface area contributed by atoms with Crippen molar-refractivity contribution in [2.75, 3.05) is 20.6 Å². The van der Waals surface area contributed by atoms with Gasteiger partial charge in [-0.25, -0.2) is 0 Å². The zero-order valence-electron chi connectivity index (χ0n) is 10.1. The molecule has 0 rings (SSSR count). The average molecular weight is 186 g/mol. The molecule has 2 unspecified atom stereocenters. The van der Waals surface area contributed by atoms with Gasteiger partial charge in [0.15, 0.2) is 0 Å². The number of hydrogen-bond donors (Lipinski definition) is 1. The van der Waals surface area contributed by atoms with Crippen LogP contribution < -0.4 is 5.32 Å². The molecular formula is C11H26N2. The monoisotopic (exact) mass is 186 g/mol. The first-order chi connectivity index (χ1) is 6.02. The zero-order chi connectivity index (χ0) is 10.5. The topological polar surface area (TPSA) is 15.3 Å². The van der Waals surface area contributed by atoms with E-state index in [0.717, 1.165) is 6.54 Å². The normalized spacial score (nSPS) is 18.7. The number of rotatable bonds is 6. The minimum atomic E-state index is 0.282. The highest BCUT2D eigenvalue weighted by Gasteiger charge is 2.32. The molecule has 0 aromatic rings. The van der Waals surface area contributed by atoms with Crippen LogP contribution in [0.15, 0.2) is 0 Å². The molecule has 1 N–H and O–H groups in total. The molecule has 0 saturated carbocycles. The molecule has 0 saturated heterocycles. The van der Waals surface area contributed by atoms with E-state index in [-0.39, 0.29) is 5.54 Å². The summed E-state index contributed by atoms with van der Waals surface area (Å²) in [7, 11) is 4.34. The van der Waals surface area contributed by atoms with Crippen molar-refractivity contribution in [3.8, 4) is 0 Å². The van der Waals surface area contributed by atoms with E-state index < -0.39 is 0 Å². The van der Waals surface area contributed by atoms with Gasteiger partial charge in [0, 0.05) is 11.6 Å². The molecule has 0 aromatic heterocycles. The molecule has 0 aromatic carbocycles. The van der Waals surface area contributed by atoms with Crippen LogP contribution in [0.5, 0.6) is 0 Å². The molecule has 0 heterocycles. The summed E-state index contributed by atoms with van der Waals surface area (Å²) in [4.78, 5) is 2.34. The summed E-state index contributed by atoms with van der Waals surface area (Å²) in [5, 5.41) is 3.56. The first-order valence-electron chi connectivity index (χ1n) is 5.43. The van der Waals surface area contributed by atoms with Gasteiger partial charge in [0.2, 0.25) is 0 Å². The van der Waals surface area contributed by atoms with Crippen LogP contribution in [0.4, 0.5) is 0 Å². The van der Waals surface area contributed by atoms with E-state index in [1.54, 1.807) is 0 Å². The second-order valence-electron chi connectivity index (χ2n) is 4.12. The molecule has 0 bridgehead atoms. The van der Waals surface area contributed by atoms with E-state index in [1.807, 2.05) is 0 Å². The van der Waals surface area contributed by atoms with Gasteiger partial charge in [-0.1, -0.05) is 20.8 Å². The number of nitrogens with one attached hydrogen (secondary N) is 1. The van der Waals surface area contributed by atoms with Gasteiger partial charge in [0.1, 0.15) is 0 Å². The molecule has 0 aliphatic heterocycles. The lowest BCUT2D eigenvalue weighted by Gasteiger charge is -2.42. The van der Waals surface area contributed by atoms with Crippen LogP contribution in [0.1, 0.15) is 40.5 Å². The Labute approximate surface area is 83.7 Å². The van der Waals surface area contributed by atoms with Gasteiger partial charge >= 0.3 is 0 Å². The van der Waals surface area contributed by atoms with Crippen LogP contribution in [0, 0.1) is 0 Å². The van der Waals surface area contributed by atoms with Crippen LogP contribution in [0.2, 0.25) is 0 Å². The standard InChI is InChI=1S/C11H26N2/c1-7-10(12-9-3)11(4,8-2)13(5)6/h10,12H,7-9H2,1-6H3. The molecule has 2 atom stereocenters. The maximum absolute atomic E-state index is 3.56. The summed E-state index contributed by atoms with van der Waals surface area (Å²) in [6.07, 6.45) is 2.38. The van der Waals surface area contributed by atoms with E-state index in [1.165, 1.54) is 12.8 Å². The maximum Gasteiger partial charge on any atom is 0.0325 e. The predicted molar refractivity (Wildman–Crippen MR) is 60.1 cm³/mol. The van der Waals surface area contributed by atoms with Crippen molar-refractivity contribution in [2.24, 2.45) is 0 Å². The Morgan fingerprint density at radius 1 is 1.23 bits per heavy atom. The van der Waals surface area contributed by atoms with Crippen LogP contribution in [0.3, 0.4) is 0 Å². The Morgan fingerprint density at radius 2 is 1.77 bits per heavy atom. The lowest BCUT2D eigenvalue weighted by molar-refractivity contribution is 0.111. The van der Waals surface area contributed by atoms with Crippen molar-refractivity contribution in [1.82, 2.24) is 10.2 Å². The van der Waals surface area contributed by atoms with Crippen molar-refractivity contribution in [2.45, 2.75) is 52.1 Å². The first-order valence-corrected chi connectivity index (χ1v) is 5.43. The Hall–Kier alpha value is -0.0800. The number of hydrogen-bond acceptors (Lipinski definition) is 2. The summed E-state index contributed by atoms with van der Waals surface area (Å²) in [6.45, 7) is 10.1. The van der Waals surface area contributed by atoms with Gasteiger partial charge in [-0.2, -0.15) is 0 Å². The fraction of sp³-hybridized carbons (Fsp3) is 1.00. The molecule has 80 valence electrons. The predicted octanol–water partition coefficient (Wildman–Crippen LogP) is 2.10. The third-order valence-corrected chi connectivity index (χ3v) is 3.35. The van der Waals surface area contributed by atoms with Crippen LogP contribution in [-0.2, 0) is 0 Å². The Morgan fingerprint density at radius 3 is 2.00 bits per heavy atom. The molecular weight excluding hydrogens is 160 g/mol. The summed E-state index contributed by atoms with van der Waals surface area (Å²) in [6, 6.07) is 0.595. The number of nitrogens with zero attached hydrogens (tertiary/aromatic N) is 1. The molecule has 0 amide bonds. The van der Waals surface area contributed by atoms with Crippen LogP contribution >= 0.6 is 0 Å². The molecule has 0 aliphatic rings. The third-order valence-electron chi connectivity index (χ3n) is 3.35. The molecule has 2 nitrogen and oxygen atoms in total. The fourth-order valence-corrected chi connectivity index (χ4v) is 1.92. The fourth-order valence-electron chi connectivity index (χ4n) is 1.92. The van der Waals surface area contributed by atoms with E-state index in [9.17, 15) is 0 Å². The Balaban J connectivity index is 4.48. The Bertz CT molecular complexity index is 134. The second-order valence-corrected chi connectivity index (χ2v) is 4.12. The molecule has 0 fully saturated rings. The smallest absolute Gasteiger partial charge is 0.0325 e. The SMILES string of the molecule is CCNC(CC)C(C)(CC)N(C)C. The Kier molecular flexibility index (Phi) is 5.57. The van der Waals surface area contributed by atoms with Gasteiger partial charge in [0.05, 0.1) is 0 Å². The quantitative estimate of drug-likeness (QED) is 0.683. The summed E-state index contributed by atoms with van der Waals surface area (Å²) >= 11 is 0. The lowest BCUT2D eigenvalue weighted by atomic mass is 9.86. The van der Waals surface area contributed by atoms with E-state index in [4.69, 9.17) is 0 Å². The average Bonchev–Trinajstić information content (AvgIpc) is 2.12. The van der Waals surface area contributed by atoms with Gasteiger partial charge in [-0.15, -0.1) is 0 Å². The van der Waals surface area contributed by atoms with Gasteiger partial charge < -0.3 is 10.2 Å². The molecule has 0 radical (unpaired) electrons. The molecule has 0 spiro atoms. The van der Waals surface area contributed by atoms with Gasteiger partial charge in [0.25, 0.3) is 0 Å².